The van der Waals surface area contributed by atoms with E-state index in [1.54, 1.807) is 0 Å². The number of carboxylic acid groups (broad SMARTS) is 1. The zero-order chi connectivity index (χ0) is 8.06. The number of fused-ring (bicyclic) bond motifs is 1. The summed E-state index contributed by atoms with van der Waals surface area (Å²) >= 11 is 0. The van der Waals surface area contributed by atoms with E-state index >= 15 is 0 Å². The Morgan fingerprint density at radius 2 is 2.36 bits per heavy atom. The van der Waals surface area contributed by atoms with Gasteiger partial charge in [-0.2, -0.15) is 0 Å². The average Bonchev–Trinajstić information content (AvgIpc) is 2.55. The van der Waals surface area contributed by atoms with Crippen LogP contribution in [-0.4, -0.2) is 21.8 Å². The molecule has 0 radical (unpaired) electrons. The Hall–Kier alpha value is -0.570. The lowest BCUT2D eigenvalue weighted by Gasteiger charge is -2.21. The fraction of sp³-hybridized carbons (Fsp3) is 0.875. The Morgan fingerprint density at radius 3 is 2.73 bits per heavy atom. The molecule has 3 nitrogen and oxygen atoms in total. The van der Waals surface area contributed by atoms with Crippen molar-refractivity contribution in [2.75, 3.05) is 0 Å². The minimum Gasteiger partial charge on any atom is -0.481 e. The summed E-state index contributed by atoms with van der Waals surface area (Å²) in [6.07, 6.45) is 2.70. The number of rotatable bonds is 2. The highest BCUT2D eigenvalue weighted by atomic mass is 16.4. The third kappa shape index (κ3) is 1.03. The third-order valence-corrected chi connectivity index (χ3v) is 3.02. The minimum atomic E-state index is -0.875. The molecular formula is C8H12O3. The molecule has 11 heavy (non-hydrogen) atoms. The summed E-state index contributed by atoms with van der Waals surface area (Å²) in [6, 6.07) is 0. The number of aliphatic carboxylic acids is 1. The second-order valence-electron chi connectivity index (χ2n) is 3.82. The van der Waals surface area contributed by atoms with Crippen molar-refractivity contribution in [3.63, 3.8) is 0 Å². The van der Waals surface area contributed by atoms with E-state index in [-0.39, 0.29) is 6.42 Å². The van der Waals surface area contributed by atoms with Crippen LogP contribution in [-0.2, 0) is 4.79 Å². The SMILES string of the molecule is O=C(O)CC1(O)CC[C@H]2C[C@H]21. The molecule has 2 fully saturated rings. The van der Waals surface area contributed by atoms with E-state index in [0.29, 0.717) is 18.3 Å². The molecule has 62 valence electrons. The van der Waals surface area contributed by atoms with E-state index in [4.69, 9.17) is 5.11 Å². The fourth-order valence-corrected chi connectivity index (χ4v) is 2.33. The molecule has 0 aromatic heterocycles. The van der Waals surface area contributed by atoms with Crippen LogP contribution in [0.1, 0.15) is 25.7 Å². The van der Waals surface area contributed by atoms with Gasteiger partial charge >= 0.3 is 5.97 Å². The predicted octanol–water partition coefficient (Wildman–Crippen LogP) is 0.622. The Kier molecular flexibility index (Phi) is 1.27. The van der Waals surface area contributed by atoms with Crippen molar-refractivity contribution in [1.29, 1.82) is 0 Å². The smallest absolute Gasteiger partial charge is 0.306 e. The summed E-state index contributed by atoms with van der Waals surface area (Å²) in [5.74, 6) is 0.0676. The number of hydrogen-bond donors (Lipinski definition) is 2. The van der Waals surface area contributed by atoms with Crippen LogP contribution in [0, 0.1) is 11.8 Å². The van der Waals surface area contributed by atoms with Gasteiger partial charge in [0, 0.05) is 0 Å². The zero-order valence-corrected chi connectivity index (χ0v) is 6.29. The summed E-state index contributed by atoms with van der Waals surface area (Å²) in [6.45, 7) is 0. The maximum Gasteiger partial charge on any atom is 0.306 e. The van der Waals surface area contributed by atoms with Crippen LogP contribution >= 0.6 is 0 Å². The third-order valence-electron chi connectivity index (χ3n) is 3.02. The summed E-state index contributed by atoms with van der Waals surface area (Å²) < 4.78 is 0. The van der Waals surface area contributed by atoms with Crippen LogP contribution < -0.4 is 0 Å². The van der Waals surface area contributed by atoms with Crippen molar-refractivity contribution < 1.29 is 15.0 Å². The summed E-state index contributed by atoms with van der Waals surface area (Å²) in [4.78, 5) is 10.4. The Morgan fingerprint density at radius 1 is 1.64 bits per heavy atom. The number of carbonyl (C=O) groups is 1. The van der Waals surface area contributed by atoms with Crippen LogP contribution in [0.3, 0.4) is 0 Å². The van der Waals surface area contributed by atoms with Crippen molar-refractivity contribution >= 4 is 5.97 Å². The number of carboxylic acids is 1. The van der Waals surface area contributed by atoms with Gasteiger partial charge in [-0.05, 0) is 31.1 Å². The molecule has 0 aromatic carbocycles. The van der Waals surface area contributed by atoms with Crippen LogP contribution in [0.4, 0.5) is 0 Å². The zero-order valence-electron chi connectivity index (χ0n) is 6.29. The molecule has 2 saturated carbocycles. The van der Waals surface area contributed by atoms with Gasteiger partial charge in [-0.15, -0.1) is 0 Å². The van der Waals surface area contributed by atoms with Crippen LogP contribution in [0.5, 0.6) is 0 Å². The second kappa shape index (κ2) is 1.97. The Labute approximate surface area is 65.0 Å². The van der Waals surface area contributed by atoms with Gasteiger partial charge < -0.3 is 10.2 Å². The standard InChI is InChI=1S/C8H12O3/c9-7(10)4-8(11)2-1-5-3-6(5)8/h5-6,11H,1-4H2,(H,9,10)/t5-,6+,8?/m0/s1. The fourth-order valence-electron chi connectivity index (χ4n) is 2.33. The first-order valence-corrected chi connectivity index (χ1v) is 4.06. The summed E-state index contributed by atoms with van der Waals surface area (Å²) in [7, 11) is 0. The van der Waals surface area contributed by atoms with Gasteiger partial charge in [0.2, 0.25) is 0 Å². The van der Waals surface area contributed by atoms with E-state index in [1.807, 2.05) is 0 Å². The van der Waals surface area contributed by atoms with Crippen LogP contribution in [0.25, 0.3) is 0 Å². The molecule has 0 amide bonds. The Bertz CT molecular complexity index is 202. The molecule has 2 aliphatic carbocycles. The van der Waals surface area contributed by atoms with Gasteiger partial charge in [0.05, 0.1) is 12.0 Å². The minimum absolute atomic E-state index is 0.0613. The highest BCUT2D eigenvalue weighted by Crippen LogP contribution is 2.58. The van der Waals surface area contributed by atoms with Crippen molar-refractivity contribution in [2.45, 2.75) is 31.3 Å². The number of aliphatic hydroxyl groups is 1. The van der Waals surface area contributed by atoms with Gasteiger partial charge in [0.15, 0.2) is 0 Å². The summed E-state index contributed by atoms with van der Waals surface area (Å²) in [5, 5.41) is 18.3. The average molecular weight is 156 g/mol. The lowest BCUT2D eigenvalue weighted by Crippen LogP contribution is -2.31. The molecule has 0 spiro atoms. The van der Waals surface area contributed by atoms with E-state index in [9.17, 15) is 9.90 Å². The molecule has 3 atom stereocenters. The first-order chi connectivity index (χ1) is 5.12. The van der Waals surface area contributed by atoms with E-state index in [1.165, 1.54) is 0 Å². The van der Waals surface area contributed by atoms with Gasteiger partial charge in [-0.1, -0.05) is 0 Å². The van der Waals surface area contributed by atoms with Gasteiger partial charge in [0.1, 0.15) is 0 Å². The summed E-state index contributed by atoms with van der Waals surface area (Å²) in [5.41, 5.74) is -0.851. The van der Waals surface area contributed by atoms with Crippen LogP contribution in [0.2, 0.25) is 0 Å². The molecule has 0 bridgehead atoms. The quantitative estimate of drug-likeness (QED) is 0.616. The van der Waals surface area contributed by atoms with Gasteiger partial charge in [0.25, 0.3) is 0 Å². The maximum atomic E-state index is 10.4. The molecule has 2 rings (SSSR count). The van der Waals surface area contributed by atoms with E-state index in [0.717, 1.165) is 12.8 Å². The maximum absolute atomic E-state index is 10.4. The number of hydrogen-bond acceptors (Lipinski definition) is 2. The van der Waals surface area contributed by atoms with Crippen molar-refractivity contribution in [3.05, 3.63) is 0 Å². The van der Waals surface area contributed by atoms with E-state index in [2.05, 4.69) is 0 Å². The van der Waals surface area contributed by atoms with E-state index < -0.39 is 11.6 Å². The van der Waals surface area contributed by atoms with Crippen molar-refractivity contribution in [1.82, 2.24) is 0 Å². The monoisotopic (exact) mass is 156 g/mol. The first-order valence-electron chi connectivity index (χ1n) is 4.06. The largest absolute Gasteiger partial charge is 0.481 e. The van der Waals surface area contributed by atoms with Crippen LogP contribution in [0.15, 0.2) is 0 Å². The molecule has 2 aliphatic rings. The van der Waals surface area contributed by atoms with Gasteiger partial charge in [-0.25, -0.2) is 0 Å². The predicted molar refractivity (Wildman–Crippen MR) is 38.0 cm³/mol. The molecule has 1 unspecified atom stereocenters. The molecule has 0 heterocycles. The topological polar surface area (TPSA) is 57.5 Å². The second-order valence-corrected chi connectivity index (χ2v) is 3.82. The lowest BCUT2D eigenvalue weighted by molar-refractivity contribution is -0.143. The normalized spacial score (nSPS) is 47.0. The molecule has 0 saturated heterocycles. The highest BCUT2D eigenvalue weighted by molar-refractivity contribution is 5.68. The molecular weight excluding hydrogens is 144 g/mol. The molecule has 3 heteroatoms. The molecule has 2 N–H and O–H groups in total. The highest BCUT2D eigenvalue weighted by Gasteiger charge is 2.57. The molecule has 0 aromatic rings. The Balaban J connectivity index is 2.04. The van der Waals surface area contributed by atoms with Crippen molar-refractivity contribution in [3.8, 4) is 0 Å². The molecule has 0 aliphatic heterocycles. The van der Waals surface area contributed by atoms with Gasteiger partial charge in [-0.3, -0.25) is 4.79 Å². The van der Waals surface area contributed by atoms with Crippen molar-refractivity contribution in [2.24, 2.45) is 11.8 Å². The first kappa shape index (κ1) is 7.10. The lowest BCUT2D eigenvalue weighted by atomic mass is 9.94.